The number of ether oxygens (including phenoxy) is 1. The molecule has 0 spiro atoms. The molecule has 2 aromatic heterocycles. The Labute approximate surface area is 215 Å². The highest BCUT2D eigenvalue weighted by atomic mass is 19.1. The van der Waals surface area contributed by atoms with Crippen LogP contribution in [0.3, 0.4) is 0 Å². The molecule has 9 heteroatoms. The first kappa shape index (κ1) is 24.7. The van der Waals surface area contributed by atoms with Crippen LogP contribution >= 0.6 is 0 Å². The molecule has 0 unspecified atom stereocenters. The molecular weight excluding hydrogens is 471 g/mol. The molecule has 0 saturated carbocycles. The van der Waals surface area contributed by atoms with Crippen LogP contribution in [0.5, 0.6) is 5.75 Å². The van der Waals surface area contributed by atoms with Crippen LogP contribution < -0.4 is 9.64 Å². The largest absolute Gasteiger partial charge is 0.497 e. The molecule has 0 radical (unpaired) electrons. The van der Waals surface area contributed by atoms with Gasteiger partial charge in [-0.3, -0.25) is 4.79 Å². The van der Waals surface area contributed by atoms with Gasteiger partial charge in [0.2, 0.25) is 0 Å². The summed E-state index contributed by atoms with van der Waals surface area (Å²) in [5.74, 6) is 2.05. The van der Waals surface area contributed by atoms with Crippen molar-refractivity contribution in [3.05, 3.63) is 71.4 Å². The van der Waals surface area contributed by atoms with Gasteiger partial charge in [-0.25, -0.2) is 19.0 Å². The maximum absolute atomic E-state index is 13.6. The minimum atomic E-state index is -0.294. The number of benzene rings is 2. The highest BCUT2D eigenvalue weighted by Gasteiger charge is 2.25. The van der Waals surface area contributed by atoms with Crippen LogP contribution in [0.1, 0.15) is 41.6 Å². The number of nitrogens with zero attached hydrogens (tertiary/aromatic N) is 6. The van der Waals surface area contributed by atoms with Gasteiger partial charge in [0.15, 0.2) is 5.65 Å². The highest BCUT2D eigenvalue weighted by Crippen LogP contribution is 2.30. The SMILES string of the molecule is CCCc1nc(N2CCCN(C(=O)c3ccc(OC)cc3)CC2)c2c(C)nn(-c3ccc(F)cc3)c2n1. The summed E-state index contributed by atoms with van der Waals surface area (Å²) in [6, 6.07) is 13.5. The molecule has 4 aromatic rings. The third kappa shape index (κ3) is 4.98. The Morgan fingerprint density at radius 1 is 1.00 bits per heavy atom. The smallest absolute Gasteiger partial charge is 0.253 e. The normalized spacial score (nSPS) is 14.2. The van der Waals surface area contributed by atoms with Crippen molar-refractivity contribution in [3.8, 4) is 11.4 Å². The van der Waals surface area contributed by atoms with E-state index in [1.165, 1.54) is 12.1 Å². The van der Waals surface area contributed by atoms with Gasteiger partial charge in [0.1, 0.15) is 23.2 Å². The van der Waals surface area contributed by atoms with Crippen molar-refractivity contribution in [3.63, 3.8) is 0 Å². The van der Waals surface area contributed by atoms with Crippen LogP contribution in [0.15, 0.2) is 48.5 Å². The van der Waals surface area contributed by atoms with E-state index in [0.717, 1.165) is 60.0 Å². The Balaban J connectivity index is 1.47. The van der Waals surface area contributed by atoms with E-state index < -0.39 is 0 Å². The van der Waals surface area contributed by atoms with Gasteiger partial charge >= 0.3 is 0 Å². The van der Waals surface area contributed by atoms with Crippen molar-refractivity contribution in [1.82, 2.24) is 24.6 Å². The van der Waals surface area contributed by atoms with Crippen LogP contribution in [0.25, 0.3) is 16.7 Å². The molecule has 1 amide bonds. The van der Waals surface area contributed by atoms with Gasteiger partial charge in [-0.1, -0.05) is 6.92 Å². The molecule has 2 aromatic carbocycles. The first-order valence-corrected chi connectivity index (χ1v) is 12.7. The third-order valence-electron chi connectivity index (χ3n) is 6.69. The zero-order valence-electron chi connectivity index (χ0n) is 21.4. The van der Waals surface area contributed by atoms with Crippen LogP contribution in [0.4, 0.5) is 10.2 Å². The van der Waals surface area contributed by atoms with E-state index in [9.17, 15) is 9.18 Å². The minimum absolute atomic E-state index is 0.0179. The van der Waals surface area contributed by atoms with Crippen molar-refractivity contribution < 1.29 is 13.9 Å². The van der Waals surface area contributed by atoms with Crippen molar-refractivity contribution in [1.29, 1.82) is 0 Å². The van der Waals surface area contributed by atoms with Crippen molar-refractivity contribution in [2.45, 2.75) is 33.1 Å². The lowest BCUT2D eigenvalue weighted by molar-refractivity contribution is 0.0767. The molecule has 8 nitrogen and oxygen atoms in total. The monoisotopic (exact) mass is 502 g/mol. The van der Waals surface area contributed by atoms with Crippen molar-refractivity contribution in [2.75, 3.05) is 38.2 Å². The van der Waals surface area contributed by atoms with Gasteiger partial charge in [0, 0.05) is 38.2 Å². The summed E-state index contributed by atoms with van der Waals surface area (Å²) in [6.45, 7) is 6.73. The van der Waals surface area contributed by atoms with E-state index in [1.54, 1.807) is 23.9 Å². The summed E-state index contributed by atoms with van der Waals surface area (Å²) >= 11 is 0. The lowest BCUT2D eigenvalue weighted by Crippen LogP contribution is -2.35. The summed E-state index contributed by atoms with van der Waals surface area (Å²) in [6.07, 6.45) is 2.48. The second-order valence-corrected chi connectivity index (χ2v) is 9.25. The van der Waals surface area contributed by atoms with Crippen LogP contribution in [-0.2, 0) is 6.42 Å². The predicted octanol–water partition coefficient (Wildman–Crippen LogP) is 4.58. The van der Waals surface area contributed by atoms with E-state index in [1.807, 2.05) is 36.1 Å². The zero-order chi connectivity index (χ0) is 25.9. The Morgan fingerprint density at radius 2 is 1.76 bits per heavy atom. The zero-order valence-corrected chi connectivity index (χ0v) is 21.4. The number of anilines is 1. The number of methoxy groups -OCH3 is 1. The highest BCUT2D eigenvalue weighted by molar-refractivity contribution is 5.94. The van der Waals surface area contributed by atoms with E-state index in [2.05, 4.69) is 11.8 Å². The number of halogens is 1. The molecule has 0 atom stereocenters. The maximum atomic E-state index is 13.6. The molecule has 5 rings (SSSR count). The van der Waals surface area contributed by atoms with Crippen LogP contribution in [0, 0.1) is 12.7 Å². The predicted molar refractivity (Wildman–Crippen MR) is 141 cm³/mol. The van der Waals surface area contributed by atoms with E-state index in [-0.39, 0.29) is 11.7 Å². The second kappa shape index (κ2) is 10.5. The Morgan fingerprint density at radius 3 is 2.46 bits per heavy atom. The Hall–Kier alpha value is -4.01. The summed E-state index contributed by atoms with van der Waals surface area (Å²) < 4.78 is 20.6. The molecule has 37 heavy (non-hydrogen) atoms. The van der Waals surface area contributed by atoms with Gasteiger partial charge in [0.05, 0.1) is 23.9 Å². The second-order valence-electron chi connectivity index (χ2n) is 9.25. The van der Waals surface area contributed by atoms with Gasteiger partial charge in [-0.15, -0.1) is 0 Å². The molecule has 0 aliphatic carbocycles. The number of hydrogen-bond acceptors (Lipinski definition) is 6. The molecule has 3 heterocycles. The maximum Gasteiger partial charge on any atom is 0.253 e. The molecule has 1 aliphatic rings. The number of carbonyl (C=O) groups is 1. The van der Waals surface area contributed by atoms with Crippen molar-refractivity contribution in [2.24, 2.45) is 0 Å². The molecule has 1 aliphatic heterocycles. The summed E-state index contributed by atoms with van der Waals surface area (Å²) in [5.41, 5.74) is 2.93. The fourth-order valence-electron chi connectivity index (χ4n) is 4.78. The third-order valence-corrected chi connectivity index (χ3v) is 6.69. The van der Waals surface area contributed by atoms with Crippen LogP contribution in [0.2, 0.25) is 0 Å². The van der Waals surface area contributed by atoms with E-state index in [0.29, 0.717) is 30.8 Å². The quantitative estimate of drug-likeness (QED) is 0.384. The summed E-state index contributed by atoms with van der Waals surface area (Å²) in [7, 11) is 1.61. The molecule has 0 N–H and O–H groups in total. The van der Waals surface area contributed by atoms with Crippen LogP contribution in [-0.4, -0.2) is 63.8 Å². The summed E-state index contributed by atoms with van der Waals surface area (Å²) in [5, 5.41) is 5.65. The fraction of sp³-hybridized carbons (Fsp3) is 0.357. The molecule has 0 bridgehead atoms. The van der Waals surface area contributed by atoms with E-state index in [4.69, 9.17) is 19.8 Å². The Bertz CT molecular complexity index is 1400. The fourth-order valence-corrected chi connectivity index (χ4v) is 4.78. The Kier molecular flexibility index (Phi) is 7.03. The number of rotatable bonds is 6. The number of carbonyl (C=O) groups excluding carboxylic acids is 1. The van der Waals surface area contributed by atoms with Gasteiger partial charge in [-0.05, 0) is 68.3 Å². The van der Waals surface area contributed by atoms with Crippen molar-refractivity contribution >= 4 is 22.8 Å². The number of amides is 1. The number of aryl methyl sites for hydroxylation is 2. The lowest BCUT2D eigenvalue weighted by Gasteiger charge is -2.24. The standard InChI is InChI=1S/C28H31FN6O2/c1-4-6-24-30-26(25-19(2)32-35(27(25)31-24)22-11-9-21(29)10-12-22)33-15-5-16-34(18-17-33)28(36)20-7-13-23(37-3)14-8-20/h7-14H,4-6,15-18H2,1-3H3. The molecule has 1 fully saturated rings. The number of fused-ring (bicyclic) bond motifs is 1. The number of aromatic nitrogens is 4. The summed E-state index contributed by atoms with van der Waals surface area (Å²) in [4.78, 5) is 27.2. The van der Waals surface area contributed by atoms with Gasteiger partial charge < -0.3 is 14.5 Å². The molecule has 192 valence electrons. The minimum Gasteiger partial charge on any atom is -0.497 e. The molecular formula is C28H31FN6O2. The number of hydrogen-bond donors (Lipinski definition) is 0. The lowest BCUT2D eigenvalue weighted by atomic mass is 10.2. The van der Waals surface area contributed by atoms with E-state index >= 15 is 0 Å². The average molecular weight is 503 g/mol. The molecule has 1 saturated heterocycles. The van der Waals surface area contributed by atoms with Gasteiger partial charge in [0.25, 0.3) is 5.91 Å². The topological polar surface area (TPSA) is 76.4 Å². The first-order valence-electron chi connectivity index (χ1n) is 12.7. The average Bonchev–Trinajstić information content (AvgIpc) is 3.08. The first-order chi connectivity index (χ1) is 18.0. The van der Waals surface area contributed by atoms with Gasteiger partial charge in [-0.2, -0.15) is 5.10 Å².